The zero-order valence-corrected chi connectivity index (χ0v) is 16.6. The van der Waals surface area contributed by atoms with E-state index in [0.717, 1.165) is 0 Å². The lowest BCUT2D eigenvalue weighted by Crippen LogP contribution is -2.11. The average Bonchev–Trinajstić information content (AvgIpc) is 2.44. The summed E-state index contributed by atoms with van der Waals surface area (Å²) in [7, 11) is 0. The van der Waals surface area contributed by atoms with Crippen molar-refractivity contribution in [2.45, 2.75) is 20.8 Å². The second-order valence-electron chi connectivity index (χ2n) is 3.97. The minimum atomic E-state index is -0.534. The van der Waals surface area contributed by atoms with Gasteiger partial charge >= 0.3 is 5.97 Å². The SMILES string of the molecule is C=C(C)C(=O)Oc1c(Br)c(Br)c(Br)c(OCC)c1OCC. The summed E-state index contributed by atoms with van der Waals surface area (Å²) in [4.78, 5) is 11.8. The summed E-state index contributed by atoms with van der Waals surface area (Å²) in [5.74, 6) is 0.548. The number of halogens is 3. The third kappa shape index (κ3) is 4.23. The van der Waals surface area contributed by atoms with Crippen LogP contribution in [0, 0.1) is 0 Å². The van der Waals surface area contributed by atoms with Crippen LogP contribution in [0.5, 0.6) is 17.2 Å². The molecule has 1 aromatic rings. The van der Waals surface area contributed by atoms with Gasteiger partial charge in [-0.2, -0.15) is 0 Å². The highest BCUT2D eigenvalue weighted by Crippen LogP contribution is 2.52. The lowest BCUT2D eigenvalue weighted by Gasteiger charge is -2.19. The number of hydrogen-bond donors (Lipinski definition) is 0. The number of carbonyl (C=O) groups is 1. The van der Waals surface area contributed by atoms with E-state index < -0.39 is 5.97 Å². The lowest BCUT2D eigenvalue weighted by molar-refractivity contribution is -0.130. The molecule has 0 N–H and O–H groups in total. The Morgan fingerprint density at radius 3 is 1.90 bits per heavy atom. The van der Waals surface area contributed by atoms with Gasteiger partial charge in [0, 0.05) is 5.57 Å². The van der Waals surface area contributed by atoms with Crippen LogP contribution in [0.15, 0.2) is 25.6 Å². The fourth-order valence-electron chi connectivity index (χ4n) is 1.42. The first kappa shape index (κ1) is 18.5. The van der Waals surface area contributed by atoms with E-state index in [4.69, 9.17) is 14.2 Å². The molecule has 7 heteroatoms. The Morgan fingerprint density at radius 1 is 0.952 bits per heavy atom. The van der Waals surface area contributed by atoms with Crippen molar-refractivity contribution in [2.75, 3.05) is 13.2 Å². The van der Waals surface area contributed by atoms with E-state index in [1.54, 1.807) is 6.92 Å². The quantitative estimate of drug-likeness (QED) is 0.238. The fourth-order valence-corrected chi connectivity index (χ4v) is 3.00. The maximum atomic E-state index is 11.8. The average molecular weight is 487 g/mol. The van der Waals surface area contributed by atoms with Crippen LogP contribution in [0.2, 0.25) is 0 Å². The molecule has 0 saturated heterocycles. The van der Waals surface area contributed by atoms with Crippen LogP contribution in [0.1, 0.15) is 20.8 Å². The standard InChI is InChI=1S/C14H15Br3O4/c1-5-19-11-9(16)8(15)10(17)12(13(11)20-6-2)21-14(18)7(3)4/h3,5-6H2,1-2,4H3. The minimum Gasteiger partial charge on any atom is -0.489 e. The monoisotopic (exact) mass is 484 g/mol. The minimum absolute atomic E-state index is 0.253. The summed E-state index contributed by atoms with van der Waals surface area (Å²) in [5, 5.41) is 0. The molecule has 21 heavy (non-hydrogen) atoms. The van der Waals surface area contributed by atoms with Gasteiger partial charge in [0.1, 0.15) is 0 Å². The highest BCUT2D eigenvalue weighted by Gasteiger charge is 2.26. The van der Waals surface area contributed by atoms with Gasteiger partial charge in [-0.1, -0.05) is 6.58 Å². The molecule has 0 spiro atoms. The van der Waals surface area contributed by atoms with Crippen molar-refractivity contribution >= 4 is 53.8 Å². The summed E-state index contributed by atoms with van der Waals surface area (Å²) in [6, 6.07) is 0. The molecule has 1 aromatic carbocycles. The van der Waals surface area contributed by atoms with Gasteiger partial charge in [-0.25, -0.2) is 4.79 Å². The summed E-state index contributed by atoms with van der Waals surface area (Å²) in [6.45, 7) is 9.69. The Balaban J connectivity index is 3.51. The molecule has 0 aromatic heterocycles. The number of esters is 1. The predicted molar refractivity (Wildman–Crippen MR) is 92.3 cm³/mol. The molecule has 0 saturated carbocycles. The van der Waals surface area contributed by atoms with Gasteiger partial charge in [-0.15, -0.1) is 0 Å². The zero-order chi connectivity index (χ0) is 16.2. The van der Waals surface area contributed by atoms with Crippen molar-refractivity contribution in [3.8, 4) is 17.2 Å². The first-order valence-electron chi connectivity index (χ1n) is 6.18. The second-order valence-corrected chi connectivity index (χ2v) is 6.34. The lowest BCUT2D eigenvalue weighted by atomic mass is 10.3. The van der Waals surface area contributed by atoms with Crippen molar-refractivity contribution < 1.29 is 19.0 Å². The van der Waals surface area contributed by atoms with E-state index in [2.05, 4.69) is 54.4 Å². The molecule has 0 unspecified atom stereocenters. The Morgan fingerprint density at radius 2 is 1.43 bits per heavy atom. The normalized spacial score (nSPS) is 10.2. The van der Waals surface area contributed by atoms with Crippen LogP contribution in [-0.2, 0) is 4.79 Å². The van der Waals surface area contributed by atoms with Gasteiger partial charge in [0.25, 0.3) is 0 Å². The van der Waals surface area contributed by atoms with Gasteiger partial charge in [0.15, 0.2) is 11.5 Å². The van der Waals surface area contributed by atoms with E-state index in [9.17, 15) is 4.79 Å². The summed E-state index contributed by atoms with van der Waals surface area (Å²) < 4.78 is 18.5. The number of hydrogen-bond acceptors (Lipinski definition) is 4. The Labute approximate surface area is 149 Å². The maximum absolute atomic E-state index is 11.8. The molecule has 0 amide bonds. The Kier molecular flexibility index (Phi) is 7.23. The molecule has 0 heterocycles. The molecule has 0 aliphatic carbocycles. The molecule has 4 nitrogen and oxygen atoms in total. The smallest absolute Gasteiger partial charge is 0.338 e. The van der Waals surface area contributed by atoms with Gasteiger partial charge in [-0.05, 0) is 68.6 Å². The molecule has 0 atom stereocenters. The van der Waals surface area contributed by atoms with Crippen molar-refractivity contribution in [3.05, 3.63) is 25.6 Å². The van der Waals surface area contributed by atoms with E-state index in [1.165, 1.54) is 0 Å². The van der Waals surface area contributed by atoms with Crippen LogP contribution in [0.25, 0.3) is 0 Å². The topological polar surface area (TPSA) is 44.8 Å². The maximum Gasteiger partial charge on any atom is 0.338 e. The van der Waals surface area contributed by atoms with Gasteiger partial charge in [-0.3, -0.25) is 0 Å². The predicted octanol–water partition coefficient (Wildman–Crippen LogP) is 5.25. The van der Waals surface area contributed by atoms with Gasteiger partial charge in [0.05, 0.1) is 26.6 Å². The van der Waals surface area contributed by atoms with Crippen LogP contribution in [0.3, 0.4) is 0 Å². The summed E-state index contributed by atoms with van der Waals surface area (Å²) in [6.07, 6.45) is 0. The van der Waals surface area contributed by atoms with Gasteiger partial charge in [0.2, 0.25) is 5.75 Å². The van der Waals surface area contributed by atoms with E-state index in [1.807, 2.05) is 13.8 Å². The third-order valence-electron chi connectivity index (χ3n) is 2.32. The van der Waals surface area contributed by atoms with Crippen LogP contribution >= 0.6 is 47.8 Å². The van der Waals surface area contributed by atoms with Gasteiger partial charge < -0.3 is 14.2 Å². The second kappa shape index (κ2) is 8.19. The van der Waals surface area contributed by atoms with Crippen molar-refractivity contribution in [2.24, 2.45) is 0 Å². The first-order valence-corrected chi connectivity index (χ1v) is 8.56. The Hall–Kier alpha value is -0.530. The summed E-state index contributed by atoms with van der Waals surface area (Å²) in [5.41, 5.74) is 0.293. The molecular weight excluding hydrogens is 472 g/mol. The first-order chi connectivity index (χ1) is 9.84. The number of benzene rings is 1. The third-order valence-corrected chi connectivity index (χ3v) is 5.69. The molecule has 0 fully saturated rings. The van der Waals surface area contributed by atoms with E-state index in [0.29, 0.717) is 43.7 Å². The molecule has 116 valence electrons. The van der Waals surface area contributed by atoms with E-state index in [-0.39, 0.29) is 5.75 Å². The summed E-state index contributed by atoms with van der Waals surface area (Å²) >= 11 is 10.3. The number of ether oxygens (including phenoxy) is 3. The fraction of sp³-hybridized carbons (Fsp3) is 0.357. The molecule has 0 radical (unpaired) electrons. The largest absolute Gasteiger partial charge is 0.489 e. The van der Waals surface area contributed by atoms with Crippen LogP contribution in [0.4, 0.5) is 0 Å². The molecule has 0 bridgehead atoms. The van der Waals surface area contributed by atoms with Crippen molar-refractivity contribution in [3.63, 3.8) is 0 Å². The Bertz CT molecular complexity index is 570. The molecule has 1 rings (SSSR count). The molecule has 0 aliphatic rings. The zero-order valence-electron chi connectivity index (χ0n) is 11.9. The number of rotatable bonds is 6. The van der Waals surface area contributed by atoms with E-state index >= 15 is 0 Å². The van der Waals surface area contributed by atoms with Crippen molar-refractivity contribution in [1.82, 2.24) is 0 Å². The molecule has 0 aliphatic heterocycles. The highest BCUT2D eigenvalue weighted by molar-refractivity contribution is 9.14. The van der Waals surface area contributed by atoms with Crippen LogP contribution < -0.4 is 14.2 Å². The molecular formula is C14H15Br3O4. The van der Waals surface area contributed by atoms with Crippen LogP contribution in [-0.4, -0.2) is 19.2 Å². The van der Waals surface area contributed by atoms with Crippen molar-refractivity contribution in [1.29, 1.82) is 0 Å². The number of carbonyl (C=O) groups excluding carboxylic acids is 1. The highest BCUT2D eigenvalue weighted by atomic mass is 79.9.